The van der Waals surface area contributed by atoms with Crippen molar-refractivity contribution in [2.45, 2.75) is 18.0 Å². The fourth-order valence-electron chi connectivity index (χ4n) is 1.21. The van der Waals surface area contributed by atoms with Gasteiger partial charge in [0.05, 0.1) is 10.0 Å². The average Bonchev–Trinajstić information content (AvgIpc) is 2.17. The fraction of sp³-hybridized carbons (Fsp3) is 0.333. The molecule has 0 radical (unpaired) electrons. The minimum atomic E-state index is -5.94. The Morgan fingerprint density at radius 2 is 1.28 bits per heavy atom. The Balaban J connectivity index is 3.51. The van der Waals surface area contributed by atoms with E-state index < -0.39 is 28.5 Å². The van der Waals surface area contributed by atoms with E-state index >= 15 is 0 Å². The topological polar surface area (TPSA) is 20.2 Å². The van der Waals surface area contributed by atoms with Gasteiger partial charge in [0, 0.05) is 5.56 Å². The van der Waals surface area contributed by atoms with Crippen LogP contribution in [0.4, 0.5) is 26.3 Å². The molecule has 0 aliphatic heterocycles. The van der Waals surface area contributed by atoms with E-state index in [0.717, 1.165) is 6.07 Å². The molecule has 0 aromatic heterocycles. The first-order valence-corrected chi connectivity index (χ1v) is 4.98. The summed E-state index contributed by atoms with van der Waals surface area (Å²) in [5.41, 5.74) is -6.44. The first kappa shape index (κ1) is 15.4. The smallest absolute Gasteiger partial charge is 0.369 e. The Bertz CT molecular complexity index is 439. The van der Waals surface area contributed by atoms with E-state index in [1.807, 2.05) is 0 Å². The van der Waals surface area contributed by atoms with Crippen molar-refractivity contribution in [1.29, 1.82) is 0 Å². The van der Waals surface area contributed by atoms with Crippen LogP contribution in [0.2, 0.25) is 10.0 Å². The molecular weight excluding hydrogens is 309 g/mol. The van der Waals surface area contributed by atoms with Crippen molar-refractivity contribution < 1.29 is 31.4 Å². The van der Waals surface area contributed by atoms with Crippen molar-refractivity contribution in [1.82, 2.24) is 0 Å². The van der Waals surface area contributed by atoms with Crippen molar-refractivity contribution in [3.05, 3.63) is 33.8 Å². The Morgan fingerprint density at radius 3 is 1.61 bits per heavy atom. The Kier molecular flexibility index (Phi) is 3.82. The van der Waals surface area contributed by atoms with Crippen LogP contribution in [0.1, 0.15) is 5.56 Å². The van der Waals surface area contributed by atoms with Gasteiger partial charge in [0.25, 0.3) is 5.60 Å². The van der Waals surface area contributed by atoms with Crippen molar-refractivity contribution in [3.8, 4) is 0 Å². The van der Waals surface area contributed by atoms with E-state index in [1.165, 1.54) is 0 Å². The molecule has 0 aliphatic carbocycles. The number of rotatable bonds is 1. The maximum absolute atomic E-state index is 12.5. The van der Waals surface area contributed by atoms with E-state index in [2.05, 4.69) is 0 Å². The van der Waals surface area contributed by atoms with Crippen molar-refractivity contribution in [3.63, 3.8) is 0 Å². The van der Waals surface area contributed by atoms with Gasteiger partial charge in [-0.05, 0) is 12.1 Å². The highest BCUT2D eigenvalue weighted by Crippen LogP contribution is 2.50. The summed E-state index contributed by atoms with van der Waals surface area (Å²) in [5.74, 6) is 0. The number of hydrogen-bond acceptors (Lipinski definition) is 1. The number of benzene rings is 1. The summed E-state index contributed by atoms with van der Waals surface area (Å²) >= 11 is 10.7. The molecule has 102 valence electrons. The minimum Gasteiger partial charge on any atom is -0.369 e. The summed E-state index contributed by atoms with van der Waals surface area (Å²) in [6.07, 6.45) is -11.9. The zero-order valence-corrected chi connectivity index (χ0v) is 9.71. The summed E-state index contributed by atoms with van der Waals surface area (Å²) in [4.78, 5) is 0. The van der Waals surface area contributed by atoms with Crippen LogP contribution in [0, 0.1) is 0 Å². The average molecular weight is 313 g/mol. The summed E-state index contributed by atoms with van der Waals surface area (Å²) in [7, 11) is 0. The Labute approximate surface area is 107 Å². The van der Waals surface area contributed by atoms with Gasteiger partial charge < -0.3 is 5.11 Å². The lowest BCUT2D eigenvalue weighted by Gasteiger charge is -2.32. The van der Waals surface area contributed by atoms with Gasteiger partial charge in [0.2, 0.25) is 0 Å². The molecule has 0 heterocycles. The summed E-state index contributed by atoms with van der Waals surface area (Å²) < 4.78 is 74.8. The van der Waals surface area contributed by atoms with Gasteiger partial charge in [0.15, 0.2) is 0 Å². The molecule has 1 aromatic rings. The predicted octanol–water partition coefficient (Wildman–Crippen LogP) is 4.31. The van der Waals surface area contributed by atoms with Gasteiger partial charge >= 0.3 is 12.4 Å². The number of alkyl halides is 6. The molecule has 0 atom stereocenters. The fourth-order valence-corrected chi connectivity index (χ4v) is 1.51. The normalized spacial score (nSPS) is 13.8. The van der Waals surface area contributed by atoms with Crippen LogP contribution in [0.3, 0.4) is 0 Å². The molecule has 0 spiro atoms. The van der Waals surface area contributed by atoms with E-state index in [0.29, 0.717) is 12.1 Å². The molecular formula is C9H4Cl2F6O. The Hall–Kier alpha value is -0.660. The third-order valence-corrected chi connectivity index (χ3v) is 2.90. The van der Waals surface area contributed by atoms with Crippen LogP contribution >= 0.6 is 23.2 Å². The molecule has 0 saturated carbocycles. The van der Waals surface area contributed by atoms with Gasteiger partial charge in [-0.3, -0.25) is 0 Å². The number of halogens is 8. The van der Waals surface area contributed by atoms with Gasteiger partial charge in [-0.2, -0.15) is 26.3 Å². The lowest BCUT2D eigenvalue weighted by atomic mass is 9.92. The van der Waals surface area contributed by atoms with Crippen molar-refractivity contribution >= 4 is 23.2 Å². The van der Waals surface area contributed by atoms with Gasteiger partial charge in [-0.25, -0.2) is 0 Å². The third kappa shape index (κ3) is 2.39. The lowest BCUT2D eigenvalue weighted by molar-refractivity contribution is -0.376. The predicted molar refractivity (Wildman–Crippen MR) is 52.5 cm³/mol. The van der Waals surface area contributed by atoms with E-state index in [9.17, 15) is 26.3 Å². The largest absolute Gasteiger partial charge is 0.430 e. The van der Waals surface area contributed by atoms with E-state index in [1.54, 1.807) is 0 Å². The first-order chi connectivity index (χ1) is 7.91. The second kappa shape index (κ2) is 4.47. The Morgan fingerprint density at radius 1 is 0.833 bits per heavy atom. The molecule has 0 unspecified atom stereocenters. The first-order valence-electron chi connectivity index (χ1n) is 4.22. The zero-order chi connectivity index (χ0) is 14.4. The SMILES string of the molecule is OC(c1ccc(Cl)c(Cl)c1)(C(F)(F)F)C(F)(F)F. The number of hydrogen-bond donors (Lipinski definition) is 1. The highest BCUT2D eigenvalue weighted by molar-refractivity contribution is 6.42. The second-order valence-electron chi connectivity index (χ2n) is 3.33. The summed E-state index contributed by atoms with van der Waals surface area (Å²) in [6.45, 7) is 0. The van der Waals surface area contributed by atoms with Crippen molar-refractivity contribution in [2.24, 2.45) is 0 Å². The number of aliphatic hydroxyl groups is 1. The minimum absolute atomic E-state index is 0.230. The second-order valence-corrected chi connectivity index (χ2v) is 4.15. The molecule has 18 heavy (non-hydrogen) atoms. The molecule has 0 amide bonds. The van der Waals surface area contributed by atoms with Gasteiger partial charge in [-0.15, -0.1) is 0 Å². The molecule has 1 rings (SSSR count). The van der Waals surface area contributed by atoms with Crippen LogP contribution in [0.25, 0.3) is 0 Å². The van der Waals surface area contributed by atoms with Crippen LogP contribution in [0.5, 0.6) is 0 Å². The van der Waals surface area contributed by atoms with Crippen LogP contribution in [-0.2, 0) is 5.60 Å². The third-order valence-electron chi connectivity index (χ3n) is 2.16. The van der Waals surface area contributed by atoms with E-state index in [4.69, 9.17) is 28.3 Å². The molecule has 1 nitrogen and oxygen atoms in total. The van der Waals surface area contributed by atoms with Gasteiger partial charge in [-0.1, -0.05) is 29.3 Å². The molecule has 0 fully saturated rings. The van der Waals surface area contributed by atoms with Gasteiger partial charge in [0.1, 0.15) is 0 Å². The van der Waals surface area contributed by atoms with E-state index in [-0.39, 0.29) is 5.02 Å². The monoisotopic (exact) mass is 312 g/mol. The quantitative estimate of drug-likeness (QED) is 0.766. The maximum atomic E-state index is 12.5. The van der Waals surface area contributed by atoms with Crippen molar-refractivity contribution in [2.75, 3.05) is 0 Å². The molecule has 0 bridgehead atoms. The highest BCUT2D eigenvalue weighted by Gasteiger charge is 2.71. The summed E-state index contributed by atoms with van der Waals surface area (Å²) in [6, 6.07) is 1.47. The zero-order valence-electron chi connectivity index (χ0n) is 8.20. The summed E-state index contributed by atoms with van der Waals surface area (Å²) in [5, 5.41) is 8.26. The lowest BCUT2D eigenvalue weighted by Crippen LogP contribution is -2.53. The standard InChI is InChI=1S/C9H4Cl2F6O/c10-5-2-1-4(3-6(5)11)7(18,8(12,13)14)9(15,16)17/h1-3,18H. The maximum Gasteiger partial charge on any atom is 0.430 e. The van der Waals surface area contributed by atoms with Crippen LogP contribution in [-0.4, -0.2) is 17.5 Å². The molecule has 1 N–H and O–H groups in total. The molecule has 0 saturated heterocycles. The van der Waals surface area contributed by atoms with Crippen LogP contribution < -0.4 is 0 Å². The molecule has 0 aliphatic rings. The molecule has 9 heteroatoms. The van der Waals surface area contributed by atoms with Crippen LogP contribution in [0.15, 0.2) is 18.2 Å². The molecule has 1 aromatic carbocycles. The highest BCUT2D eigenvalue weighted by atomic mass is 35.5.